The van der Waals surface area contributed by atoms with Gasteiger partial charge in [0.05, 0.1) is 0 Å². The first kappa shape index (κ1) is 16.6. The van der Waals surface area contributed by atoms with Crippen molar-refractivity contribution in [1.29, 1.82) is 0 Å². The largest absolute Gasteiger partial charge is 0.260 e. The lowest BCUT2D eigenvalue weighted by atomic mass is 9.80. The fourth-order valence-corrected chi connectivity index (χ4v) is 2.50. The molecule has 2 heterocycles. The summed E-state index contributed by atoms with van der Waals surface area (Å²) >= 11 is 0. The number of nitrogens with zero attached hydrogens (tertiary/aromatic N) is 2. The van der Waals surface area contributed by atoms with Crippen LogP contribution in [-0.2, 0) is 17.3 Å². The molecule has 0 aliphatic rings. The average Bonchev–Trinajstić information content (AvgIpc) is 2.45. The Morgan fingerprint density at radius 3 is 2.27 bits per heavy atom. The summed E-state index contributed by atoms with van der Waals surface area (Å²) in [5.41, 5.74) is 2.77. The van der Waals surface area contributed by atoms with Crippen LogP contribution in [0.15, 0.2) is 36.7 Å². The van der Waals surface area contributed by atoms with Crippen molar-refractivity contribution in [1.82, 2.24) is 9.97 Å². The zero-order valence-electron chi connectivity index (χ0n) is 14.2. The predicted molar refractivity (Wildman–Crippen MR) is 88.5 cm³/mol. The van der Waals surface area contributed by atoms with Crippen LogP contribution in [0.25, 0.3) is 0 Å². The summed E-state index contributed by atoms with van der Waals surface area (Å²) < 4.78 is 13.9. The Kier molecular flexibility index (Phi) is 4.64. The third kappa shape index (κ3) is 3.90. The molecule has 118 valence electrons. The van der Waals surface area contributed by atoms with Crippen LogP contribution in [-0.4, -0.2) is 9.97 Å². The molecule has 0 spiro atoms. The molecule has 0 N–H and O–H groups in total. The maximum atomic E-state index is 13.9. The second kappa shape index (κ2) is 6.15. The van der Waals surface area contributed by atoms with Gasteiger partial charge in [-0.3, -0.25) is 4.98 Å². The molecule has 0 radical (unpaired) electrons. The van der Waals surface area contributed by atoms with Gasteiger partial charge in [0.1, 0.15) is 0 Å². The highest BCUT2D eigenvalue weighted by Crippen LogP contribution is 2.30. The second-order valence-electron chi connectivity index (χ2n) is 7.53. The van der Waals surface area contributed by atoms with Crippen LogP contribution in [0.4, 0.5) is 4.39 Å². The van der Waals surface area contributed by atoms with Gasteiger partial charge in [-0.2, -0.15) is 4.39 Å². The van der Waals surface area contributed by atoms with Crippen LogP contribution in [0.3, 0.4) is 0 Å². The van der Waals surface area contributed by atoms with Crippen molar-refractivity contribution in [2.45, 2.75) is 58.3 Å². The third-order valence-electron chi connectivity index (χ3n) is 4.12. The van der Waals surface area contributed by atoms with Gasteiger partial charge in [0.15, 0.2) is 0 Å². The summed E-state index contributed by atoms with van der Waals surface area (Å²) in [6.45, 7) is 10.6. The van der Waals surface area contributed by atoms with Crippen LogP contribution in [0, 0.1) is 5.95 Å². The molecule has 0 amide bonds. The molecule has 0 saturated carbocycles. The van der Waals surface area contributed by atoms with E-state index in [9.17, 15) is 4.39 Å². The highest BCUT2D eigenvalue weighted by molar-refractivity contribution is 5.23. The molecule has 2 rings (SSSR count). The van der Waals surface area contributed by atoms with Crippen molar-refractivity contribution < 1.29 is 4.39 Å². The van der Waals surface area contributed by atoms with E-state index in [1.165, 1.54) is 11.8 Å². The molecule has 2 nitrogen and oxygen atoms in total. The van der Waals surface area contributed by atoms with Gasteiger partial charge in [0.2, 0.25) is 5.95 Å². The smallest absolute Gasteiger partial charge is 0.216 e. The van der Waals surface area contributed by atoms with Gasteiger partial charge >= 0.3 is 0 Å². The summed E-state index contributed by atoms with van der Waals surface area (Å²) in [5, 5.41) is 0. The van der Waals surface area contributed by atoms with Crippen LogP contribution >= 0.6 is 0 Å². The van der Waals surface area contributed by atoms with E-state index >= 15 is 0 Å². The fourth-order valence-electron chi connectivity index (χ4n) is 2.50. The SMILES string of the molecule is CC(C)(C)c1ccc(CCC(C)(C)c2cccnc2F)cn1. The van der Waals surface area contributed by atoms with E-state index in [0.717, 1.165) is 18.5 Å². The summed E-state index contributed by atoms with van der Waals surface area (Å²) in [6, 6.07) is 7.83. The van der Waals surface area contributed by atoms with Crippen LogP contribution in [0.2, 0.25) is 0 Å². The molecule has 0 aliphatic heterocycles. The monoisotopic (exact) mass is 300 g/mol. The van der Waals surface area contributed by atoms with Crippen molar-refractivity contribution in [3.05, 3.63) is 59.4 Å². The lowest BCUT2D eigenvalue weighted by Gasteiger charge is -2.25. The van der Waals surface area contributed by atoms with Crippen LogP contribution < -0.4 is 0 Å². The predicted octanol–water partition coefficient (Wildman–Crippen LogP) is 4.82. The Balaban J connectivity index is 2.08. The third-order valence-corrected chi connectivity index (χ3v) is 4.12. The van der Waals surface area contributed by atoms with E-state index < -0.39 is 0 Å². The van der Waals surface area contributed by atoms with E-state index in [2.05, 4.69) is 56.7 Å². The van der Waals surface area contributed by atoms with E-state index in [-0.39, 0.29) is 16.8 Å². The van der Waals surface area contributed by atoms with Crippen molar-refractivity contribution in [2.24, 2.45) is 0 Å². The Hall–Kier alpha value is -1.77. The molecule has 3 heteroatoms. The molecule has 2 aromatic heterocycles. The molecule has 0 atom stereocenters. The van der Waals surface area contributed by atoms with Crippen molar-refractivity contribution in [2.75, 3.05) is 0 Å². The number of hydrogen-bond acceptors (Lipinski definition) is 2. The van der Waals surface area contributed by atoms with Crippen molar-refractivity contribution >= 4 is 0 Å². The zero-order chi connectivity index (χ0) is 16.4. The Labute approximate surface area is 132 Å². The van der Waals surface area contributed by atoms with Gasteiger partial charge in [-0.15, -0.1) is 0 Å². The van der Waals surface area contributed by atoms with Crippen molar-refractivity contribution in [3.63, 3.8) is 0 Å². The molecule has 0 unspecified atom stereocenters. The number of aromatic nitrogens is 2. The number of hydrogen-bond donors (Lipinski definition) is 0. The molecule has 22 heavy (non-hydrogen) atoms. The summed E-state index contributed by atoms with van der Waals surface area (Å²) in [6.07, 6.45) is 5.16. The molecule has 0 aliphatic carbocycles. The molecule has 2 aromatic rings. The molecular weight excluding hydrogens is 275 g/mol. The summed E-state index contributed by atoms with van der Waals surface area (Å²) in [4.78, 5) is 8.31. The minimum absolute atomic E-state index is 0.0661. The molecule has 0 bridgehead atoms. The number of halogens is 1. The van der Waals surface area contributed by atoms with Crippen LogP contribution in [0.1, 0.15) is 57.9 Å². The normalized spacial score (nSPS) is 12.5. The molecule has 0 saturated heterocycles. The molecule has 0 fully saturated rings. The standard InChI is InChI=1S/C19H25FN2/c1-18(2,3)16-9-8-14(13-22-16)10-11-19(4,5)15-7-6-12-21-17(15)20/h6-9,12-13H,10-11H2,1-5H3. The van der Waals surface area contributed by atoms with Gasteiger partial charge in [-0.05, 0) is 36.0 Å². The van der Waals surface area contributed by atoms with E-state index in [0.29, 0.717) is 5.56 Å². The lowest BCUT2D eigenvalue weighted by molar-refractivity contribution is 0.438. The number of pyridine rings is 2. The minimum Gasteiger partial charge on any atom is -0.260 e. The van der Waals surface area contributed by atoms with Crippen molar-refractivity contribution in [3.8, 4) is 0 Å². The van der Waals surface area contributed by atoms with E-state index in [4.69, 9.17) is 0 Å². The summed E-state index contributed by atoms with van der Waals surface area (Å²) in [5.74, 6) is -0.367. The van der Waals surface area contributed by atoms with E-state index in [1.807, 2.05) is 12.3 Å². The highest BCUT2D eigenvalue weighted by atomic mass is 19.1. The number of aryl methyl sites for hydroxylation is 1. The number of rotatable bonds is 4. The average molecular weight is 300 g/mol. The minimum atomic E-state index is -0.367. The molecule has 0 aromatic carbocycles. The van der Waals surface area contributed by atoms with Gasteiger partial charge in [-0.25, -0.2) is 4.98 Å². The Morgan fingerprint density at radius 2 is 1.73 bits per heavy atom. The van der Waals surface area contributed by atoms with E-state index in [1.54, 1.807) is 6.07 Å². The fraction of sp³-hybridized carbons (Fsp3) is 0.474. The first-order chi connectivity index (χ1) is 10.2. The topological polar surface area (TPSA) is 25.8 Å². The quantitative estimate of drug-likeness (QED) is 0.756. The van der Waals surface area contributed by atoms with Gasteiger partial charge in [0.25, 0.3) is 0 Å². The lowest BCUT2D eigenvalue weighted by Crippen LogP contribution is -2.20. The maximum Gasteiger partial charge on any atom is 0.216 e. The van der Waals surface area contributed by atoms with Crippen LogP contribution in [0.5, 0.6) is 0 Å². The van der Waals surface area contributed by atoms with Gasteiger partial charge in [-0.1, -0.05) is 46.8 Å². The van der Waals surface area contributed by atoms with Gasteiger partial charge in [0, 0.05) is 29.1 Å². The second-order valence-corrected chi connectivity index (χ2v) is 7.53. The zero-order valence-corrected chi connectivity index (χ0v) is 14.2. The van der Waals surface area contributed by atoms with Gasteiger partial charge < -0.3 is 0 Å². The maximum absolute atomic E-state index is 13.9. The molecular formula is C19H25FN2. The Bertz CT molecular complexity index is 625. The first-order valence-electron chi connectivity index (χ1n) is 7.76. The first-order valence-corrected chi connectivity index (χ1v) is 7.76. The highest BCUT2D eigenvalue weighted by Gasteiger charge is 2.24. The Morgan fingerprint density at radius 1 is 1.00 bits per heavy atom. The summed E-state index contributed by atoms with van der Waals surface area (Å²) in [7, 11) is 0.